The van der Waals surface area contributed by atoms with E-state index in [9.17, 15) is 13.2 Å². The number of hydrogen-bond acceptors (Lipinski definition) is 2. The molecule has 0 aromatic carbocycles. The summed E-state index contributed by atoms with van der Waals surface area (Å²) in [7, 11) is 0. The van der Waals surface area contributed by atoms with E-state index in [4.69, 9.17) is 0 Å². The lowest BCUT2D eigenvalue weighted by Gasteiger charge is -2.19. The largest absolute Gasteiger partial charge is 0.418 e. The van der Waals surface area contributed by atoms with Crippen molar-refractivity contribution in [2.45, 2.75) is 45.3 Å². The molecule has 1 aromatic heterocycles. The molecule has 5 heteroatoms. The van der Waals surface area contributed by atoms with Gasteiger partial charge in [0.15, 0.2) is 0 Å². The Bertz CT molecular complexity index is 357. The van der Waals surface area contributed by atoms with Gasteiger partial charge in [-0.1, -0.05) is 20.3 Å². The van der Waals surface area contributed by atoms with Crippen LogP contribution in [0.2, 0.25) is 0 Å². The quantitative estimate of drug-likeness (QED) is 0.847. The van der Waals surface area contributed by atoms with E-state index in [1.807, 2.05) is 13.8 Å². The van der Waals surface area contributed by atoms with Crippen molar-refractivity contribution >= 4 is 0 Å². The average Bonchev–Trinajstić information content (AvgIpc) is 2.29. The van der Waals surface area contributed by atoms with Crippen molar-refractivity contribution in [2.24, 2.45) is 0 Å². The minimum Gasteiger partial charge on any atom is -0.314 e. The molecule has 0 bridgehead atoms. The first-order valence-electron chi connectivity index (χ1n) is 6.23. The Morgan fingerprint density at radius 2 is 2.06 bits per heavy atom. The van der Waals surface area contributed by atoms with Crippen molar-refractivity contribution in [3.05, 3.63) is 29.6 Å². The maximum atomic E-state index is 12.8. The highest BCUT2D eigenvalue weighted by molar-refractivity contribution is 5.23. The molecule has 0 saturated carbocycles. The molecule has 0 saturated heterocycles. The molecule has 102 valence electrons. The number of halogens is 3. The summed E-state index contributed by atoms with van der Waals surface area (Å²) in [5.74, 6) is 0. The zero-order valence-corrected chi connectivity index (χ0v) is 10.7. The van der Waals surface area contributed by atoms with Gasteiger partial charge in [0.1, 0.15) is 0 Å². The predicted molar refractivity (Wildman–Crippen MR) is 65.3 cm³/mol. The molecule has 1 rings (SSSR count). The van der Waals surface area contributed by atoms with Gasteiger partial charge in [-0.2, -0.15) is 13.2 Å². The molecule has 0 fully saturated rings. The number of nitrogens with one attached hydrogen (secondary N) is 1. The van der Waals surface area contributed by atoms with Gasteiger partial charge in [-0.25, -0.2) is 0 Å². The van der Waals surface area contributed by atoms with Crippen molar-refractivity contribution < 1.29 is 13.2 Å². The van der Waals surface area contributed by atoms with E-state index in [0.717, 1.165) is 25.5 Å². The molecule has 1 unspecified atom stereocenters. The molecule has 1 atom stereocenters. The van der Waals surface area contributed by atoms with Gasteiger partial charge >= 0.3 is 6.18 Å². The minimum absolute atomic E-state index is 0.0519. The fraction of sp³-hybridized carbons (Fsp3) is 0.615. The Morgan fingerprint density at radius 3 is 2.61 bits per heavy atom. The first kappa shape index (κ1) is 15.0. The maximum absolute atomic E-state index is 12.8. The topological polar surface area (TPSA) is 24.9 Å². The molecule has 1 N–H and O–H groups in total. The minimum atomic E-state index is -4.33. The van der Waals surface area contributed by atoms with Crippen LogP contribution in [-0.2, 0) is 12.6 Å². The highest BCUT2D eigenvalue weighted by Crippen LogP contribution is 2.31. The summed E-state index contributed by atoms with van der Waals surface area (Å²) in [6.07, 6.45) is -0.809. The van der Waals surface area contributed by atoms with Crippen LogP contribution in [0.1, 0.15) is 37.9 Å². The third-order valence-corrected chi connectivity index (χ3v) is 2.77. The number of aromatic nitrogens is 1. The van der Waals surface area contributed by atoms with Crippen molar-refractivity contribution in [1.82, 2.24) is 10.3 Å². The van der Waals surface area contributed by atoms with Gasteiger partial charge in [-0.05, 0) is 25.1 Å². The fourth-order valence-corrected chi connectivity index (χ4v) is 2.01. The van der Waals surface area contributed by atoms with Crippen LogP contribution in [0, 0.1) is 0 Å². The Morgan fingerprint density at radius 1 is 1.33 bits per heavy atom. The highest BCUT2D eigenvalue weighted by Gasteiger charge is 2.34. The van der Waals surface area contributed by atoms with Crippen LogP contribution in [0.5, 0.6) is 0 Å². The first-order valence-corrected chi connectivity index (χ1v) is 6.23. The second-order valence-corrected chi connectivity index (χ2v) is 4.24. The van der Waals surface area contributed by atoms with E-state index >= 15 is 0 Å². The molecule has 0 spiro atoms. The van der Waals surface area contributed by atoms with E-state index in [1.54, 1.807) is 0 Å². The van der Waals surface area contributed by atoms with Crippen LogP contribution >= 0.6 is 0 Å². The van der Waals surface area contributed by atoms with Gasteiger partial charge in [0.25, 0.3) is 0 Å². The maximum Gasteiger partial charge on any atom is 0.418 e. The molecule has 1 heterocycles. The summed E-state index contributed by atoms with van der Waals surface area (Å²) in [4.78, 5) is 3.89. The predicted octanol–water partition coefficient (Wildman–Crippen LogP) is 3.42. The van der Waals surface area contributed by atoms with Crippen LogP contribution in [-0.4, -0.2) is 17.6 Å². The van der Waals surface area contributed by atoms with Gasteiger partial charge < -0.3 is 5.32 Å². The molecule has 0 radical (unpaired) electrons. The molecule has 18 heavy (non-hydrogen) atoms. The van der Waals surface area contributed by atoms with E-state index in [-0.39, 0.29) is 11.7 Å². The Hall–Kier alpha value is -1.10. The van der Waals surface area contributed by atoms with Crippen molar-refractivity contribution in [3.8, 4) is 0 Å². The van der Waals surface area contributed by atoms with Crippen molar-refractivity contribution in [2.75, 3.05) is 6.54 Å². The number of alkyl halides is 3. The number of pyridine rings is 1. The lowest BCUT2D eigenvalue weighted by atomic mass is 10.0. The van der Waals surface area contributed by atoms with Gasteiger partial charge in [-0.15, -0.1) is 0 Å². The monoisotopic (exact) mass is 260 g/mol. The summed E-state index contributed by atoms with van der Waals surface area (Å²) in [6, 6.07) is 2.47. The normalized spacial score (nSPS) is 13.6. The lowest BCUT2D eigenvalue weighted by Crippen LogP contribution is -2.32. The van der Waals surface area contributed by atoms with Crippen LogP contribution in [0.15, 0.2) is 18.3 Å². The van der Waals surface area contributed by atoms with Crippen LogP contribution in [0.25, 0.3) is 0 Å². The molecule has 1 aromatic rings. The van der Waals surface area contributed by atoms with Crippen molar-refractivity contribution in [1.29, 1.82) is 0 Å². The zero-order valence-electron chi connectivity index (χ0n) is 10.7. The molecular weight excluding hydrogens is 241 g/mol. The average molecular weight is 260 g/mol. The number of likely N-dealkylation sites (N-methyl/N-ethyl adjacent to an activating group) is 1. The lowest BCUT2D eigenvalue weighted by molar-refractivity contribution is -0.138. The van der Waals surface area contributed by atoms with E-state index in [0.29, 0.717) is 6.42 Å². The first-order chi connectivity index (χ1) is 8.49. The fourth-order valence-electron chi connectivity index (χ4n) is 2.01. The van der Waals surface area contributed by atoms with Crippen molar-refractivity contribution in [3.63, 3.8) is 0 Å². The summed E-state index contributed by atoms with van der Waals surface area (Å²) in [5.41, 5.74) is -0.492. The molecule has 2 nitrogen and oxygen atoms in total. The van der Waals surface area contributed by atoms with E-state index in [2.05, 4.69) is 10.3 Å². The molecule has 0 aliphatic rings. The highest BCUT2D eigenvalue weighted by atomic mass is 19.4. The van der Waals surface area contributed by atoms with Gasteiger partial charge in [0, 0.05) is 18.7 Å². The Kier molecular flexibility index (Phi) is 5.59. The van der Waals surface area contributed by atoms with Gasteiger partial charge in [0.2, 0.25) is 0 Å². The van der Waals surface area contributed by atoms with E-state index in [1.165, 1.54) is 12.3 Å². The third kappa shape index (κ3) is 4.29. The van der Waals surface area contributed by atoms with Crippen LogP contribution < -0.4 is 5.32 Å². The summed E-state index contributed by atoms with van der Waals surface area (Å²) in [6.45, 7) is 4.72. The standard InChI is InChI=1S/C13H19F3N2/c1-3-6-10(17-4-2)9-12-11(13(14,15)16)7-5-8-18-12/h5,7-8,10,17H,3-4,6,9H2,1-2H3. The Labute approximate surface area is 106 Å². The number of hydrogen-bond donors (Lipinski definition) is 1. The third-order valence-electron chi connectivity index (χ3n) is 2.77. The summed E-state index contributed by atoms with van der Waals surface area (Å²) >= 11 is 0. The summed E-state index contributed by atoms with van der Waals surface area (Å²) < 4.78 is 38.4. The van der Waals surface area contributed by atoms with Crippen LogP contribution in [0.4, 0.5) is 13.2 Å². The molecular formula is C13H19F3N2. The smallest absolute Gasteiger partial charge is 0.314 e. The second kappa shape index (κ2) is 6.73. The van der Waals surface area contributed by atoms with Crippen LogP contribution in [0.3, 0.4) is 0 Å². The van der Waals surface area contributed by atoms with Gasteiger partial charge in [0.05, 0.1) is 11.3 Å². The molecule has 0 aliphatic carbocycles. The number of rotatable bonds is 6. The molecule has 0 amide bonds. The second-order valence-electron chi connectivity index (χ2n) is 4.24. The SMILES string of the molecule is CCCC(Cc1ncccc1C(F)(F)F)NCC. The Balaban J connectivity index is 2.88. The zero-order chi connectivity index (χ0) is 13.6. The number of nitrogens with zero attached hydrogens (tertiary/aromatic N) is 1. The van der Waals surface area contributed by atoms with E-state index < -0.39 is 11.7 Å². The van der Waals surface area contributed by atoms with Gasteiger partial charge in [-0.3, -0.25) is 4.98 Å². The molecule has 0 aliphatic heterocycles. The summed E-state index contributed by atoms with van der Waals surface area (Å²) in [5, 5.41) is 3.20.